The molecule has 118 valence electrons. The average molecular weight is 332 g/mol. The minimum Gasteiger partial charge on any atom is -0.379 e. The second-order valence-electron chi connectivity index (χ2n) is 4.68. The number of morpholine rings is 1. The fraction of sp³-hybridized carbons (Fsp3) is 0.538. The van der Waals surface area contributed by atoms with Crippen LogP contribution in [0.5, 0.6) is 0 Å². The molecule has 1 heterocycles. The third kappa shape index (κ3) is 5.48. The summed E-state index contributed by atoms with van der Waals surface area (Å²) in [4.78, 5) is 0. The van der Waals surface area contributed by atoms with Crippen LogP contribution in [0.3, 0.4) is 0 Å². The first kappa shape index (κ1) is 16.6. The topological polar surface area (TPSA) is 75.7 Å². The van der Waals surface area contributed by atoms with Crippen molar-refractivity contribution in [2.24, 2.45) is 0 Å². The van der Waals surface area contributed by atoms with Crippen LogP contribution in [0.25, 0.3) is 0 Å². The Morgan fingerprint density at radius 2 is 1.86 bits per heavy atom. The fourth-order valence-electron chi connectivity index (χ4n) is 2.00. The quantitative estimate of drug-likeness (QED) is 0.768. The first-order chi connectivity index (χ1) is 10.1. The lowest BCUT2D eigenvalue weighted by Crippen LogP contribution is -2.47. The van der Waals surface area contributed by atoms with Gasteiger partial charge in [0.25, 0.3) is 10.2 Å². The van der Waals surface area contributed by atoms with Gasteiger partial charge >= 0.3 is 0 Å². The highest BCUT2D eigenvalue weighted by molar-refractivity contribution is 7.87. The lowest BCUT2D eigenvalue weighted by atomic mass is 10.2. The van der Waals surface area contributed by atoms with Crippen LogP contribution in [0, 0.1) is 0 Å². The van der Waals surface area contributed by atoms with Crippen LogP contribution >= 0.6 is 0 Å². The van der Waals surface area contributed by atoms with Gasteiger partial charge in [-0.05, 0) is 5.56 Å². The monoisotopic (exact) mass is 332 g/mol. The van der Waals surface area contributed by atoms with Crippen LogP contribution in [0.4, 0.5) is 0 Å². The summed E-state index contributed by atoms with van der Waals surface area (Å²) in [6, 6.07) is 9.52. The number of hydrogen-bond donors (Lipinski definition) is 1. The van der Waals surface area contributed by atoms with Crippen molar-refractivity contribution in [3.8, 4) is 0 Å². The third-order valence-corrected chi connectivity index (χ3v) is 6.02. The maximum atomic E-state index is 12.0. The molecule has 1 aliphatic rings. The molecule has 2 rings (SSSR count). The molecule has 0 spiro atoms. The molecule has 1 atom stereocenters. The first-order valence-electron chi connectivity index (χ1n) is 6.79. The van der Waals surface area contributed by atoms with Gasteiger partial charge in [0.05, 0.1) is 13.2 Å². The largest absolute Gasteiger partial charge is 0.379 e. The number of hydrogen-bond acceptors (Lipinski definition) is 4. The van der Waals surface area contributed by atoms with Crippen molar-refractivity contribution in [1.29, 1.82) is 0 Å². The van der Waals surface area contributed by atoms with Crippen molar-refractivity contribution in [2.75, 3.05) is 38.6 Å². The highest BCUT2D eigenvalue weighted by Gasteiger charge is 2.23. The van der Waals surface area contributed by atoms with Gasteiger partial charge in [0.2, 0.25) is 0 Å². The number of nitrogens with one attached hydrogen (secondary N) is 1. The Hall–Kier alpha value is -0.800. The lowest BCUT2D eigenvalue weighted by molar-refractivity contribution is 0.0725. The molecule has 0 aliphatic carbocycles. The molecule has 0 radical (unpaired) electrons. The predicted molar refractivity (Wildman–Crippen MR) is 82.5 cm³/mol. The molecule has 1 aromatic rings. The molecular weight excluding hydrogens is 312 g/mol. The molecule has 1 unspecified atom stereocenters. The normalized spacial score (nSPS) is 18.5. The zero-order valence-corrected chi connectivity index (χ0v) is 13.4. The Morgan fingerprint density at radius 3 is 2.52 bits per heavy atom. The summed E-state index contributed by atoms with van der Waals surface area (Å²) in [7, 11) is -4.56. The highest BCUT2D eigenvalue weighted by atomic mass is 32.2. The van der Waals surface area contributed by atoms with Gasteiger partial charge in [0.1, 0.15) is 0 Å². The Bertz CT molecular complexity index is 557. The van der Waals surface area contributed by atoms with E-state index in [9.17, 15) is 12.6 Å². The number of benzene rings is 1. The van der Waals surface area contributed by atoms with Crippen LogP contribution in [0.2, 0.25) is 0 Å². The number of rotatable bonds is 7. The molecule has 1 aliphatic heterocycles. The van der Waals surface area contributed by atoms with Crippen LogP contribution in [0.15, 0.2) is 30.3 Å². The third-order valence-electron chi connectivity index (χ3n) is 3.09. The van der Waals surface area contributed by atoms with Crippen LogP contribution < -0.4 is 4.72 Å². The van der Waals surface area contributed by atoms with Gasteiger partial charge in [-0.1, -0.05) is 30.3 Å². The maximum absolute atomic E-state index is 12.0. The predicted octanol–water partition coefficient (Wildman–Crippen LogP) is 0.102. The van der Waals surface area contributed by atoms with E-state index < -0.39 is 21.0 Å². The van der Waals surface area contributed by atoms with Gasteiger partial charge in [-0.2, -0.15) is 12.7 Å². The first-order valence-corrected chi connectivity index (χ1v) is 9.72. The maximum Gasteiger partial charge on any atom is 0.279 e. The Morgan fingerprint density at radius 1 is 1.19 bits per heavy atom. The molecule has 21 heavy (non-hydrogen) atoms. The highest BCUT2D eigenvalue weighted by Crippen LogP contribution is 2.04. The lowest BCUT2D eigenvalue weighted by Gasteiger charge is -2.26. The SMILES string of the molecule is O=S(CCNS(=O)(=O)N1CCOCC1)Cc1ccccc1. The second-order valence-corrected chi connectivity index (χ2v) is 8.02. The molecule has 1 aromatic carbocycles. The van der Waals surface area contributed by atoms with Gasteiger partial charge in [-0.3, -0.25) is 4.21 Å². The molecule has 1 fully saturated rings. The number of ether oxygens (including phenoxy) is 1. The smallest absolute Gasteiger partial charge is 0.279 e. The standard InChI is InChI=1S/C13H20N2O4S2/c16-20(12-13-4-2-1-3-5-13)11-6-14-21(17,18)15-7-9-19-10-8-15/h1-5,14H,6-12H2. The van der Waals surface area contributed by atoms with Gasteiger partial charge in [0, 0.05) is 41.9 Å². The van der Waals surface area contributed by atoms with Crippen LogP contribution in [-0.4, -0.2) is 55.5 Å². The van der Waals surface area contributed by atoms with Crippen molar-refractivity contribution in [1.82, 2.24) is 9.03 Å². The van der Waals surface area contributed by atoms with E-state index >= 15 is 0 Å². The van der Waals surface area contributed by atoms with E-state index in [2.05, 4.69) is 4.72 Å². The molecule has 0 saturated carbocycles. The van der Waals surface area contributed by atoms with Crippen molar-refractivity contribution < 1.29 is 17.4 Å². The van der Waals surface area contributed by atoms with Crippen LogP contribution in [0.1, 0.15) is 5.56 Å². The Balaban J connectivity index is 1.74. The summed E-state index contributed by atoms with van der Waals surface area (Å²) in [5, 5.41) is 0. The van der Waals surface area contributed by atoms with Gasteiger partial charge in [-0.25, -0.2) is 4.72 Å². The van der Waals surface area contributed by atoms with E-state index in [1.54, 1.807) is 0 Å². The number of nitrogens with zero attached hydrogens (tertiary/aromatic N) is 1. The van der Waals surface area contributed by atoms with E-state index in [-0.39, 0.29) is 6.54 Å². The average Bonchev–Trinajstić information content (AvgIpc) is 2.49. The van der Waals surface area contributed by atoms with E-state index in [0.717, 1.165) is 5.56 Å². The van der Waals surface area contributed by atoms with Crippen molar-refractivity contribution in [3.05, 3.63) is 35.9 Å². The second kappa shape index (κ2) is 8.00. The summed E-state index contributed by atoms with van der Waals surface area (Å²) in [6.07, 6.45) is 0. The zero-order chi connectivity index (χ0) is 15.1. The molecule has 1 saturated heterocycles. The molecular formula is C13H20N2O4S2. The van der Waals surface area contributed by atoms with Crippen molar-refractivity contribution >= 4 is 21.0 Å². The summed E-state index contributed by atoms with van der Waals surface area (Å²) in [5.74, 6) is 0.749. The molecule has 8 heteroatoms. The summed E-state index contributed by atoms with van der Waals surface area (Å²) in [5.41, 5.74) is 0.992. The van der Waals surface area contributed by atoms with Gasteiger partial charge in [-0.15, -0.1) is 0 Å². The Labute approximate surface area is 128 Å². The minimum atomic E-state index is -3.48. The summed E-state index contributed by atoms with van der Waals surface area (Å²) < 4.78 is 44.9. The van der Waals surface area contributed by atoms with Crippen molar-refractivity contribution in [2.45, 2.75) is 5.75 Å². The van der Waals surface area contributed by atoms with E-state index in [1.165, 1.54) is 4.31 Å². The van der Waals surface area contributed by atoms with E-state index in [1.807, 2.05) is 30.3 Å². The molecule has 0 bridgehead atoms. The molecule has 0 aromatic heterocycles. The van der Waals surface area contributed by atoms with Gasteiger partial charge < -0.3 is 4.74 Å². The van der Waals surface area contributed by atoms with E-state index in [0.29, 0.717) is 37.8 Å². The fourth-order valence-corrected chi connectivity index (χ4v) is 4.33. The van der Waals surface area contributed by atoms with Gasteiger partial charge in [0.15, 0.2) is 0 Å². The van der Waals surface area contributed by atoms with Crippen LogP contribution in [-0.2, 0) is 31.5 Å². The molecule has 1 N–H and O–H groups in total. The summed E-state index contributed by atoms with van der Waals surface area (Å²) >= 11 is 0. The van der Waals surface area contributed by atoms with E-state index in [4.69, 9.17) is 4.74 Å². The van der Waals surface area contributed by atoms with Crippen molar-refractivity contribution in [3.63, 3.8) is 0 Å². The molecule has 0 amide bonds. The minimum absolute atomic E-state index is 0.180. The summed E-state index contributed by atoms with van der Waals surface area (Å²) in [6.45, 7) is 1.74. The zero-order valence-electron chi connectivity index (χ0n) is 11.7. The molecule has 6 nitrogen and oxygen atoms in total. The Kier molecular flexibility index (Phi) is 6.31.